The van der Waals surface area contributed by atoms with Crippen LogP contribution < -0.4 is 11.1 Å². The summed E-state index contributed by atoms with van der Waals surface area (Å²) < 4.78 is 5.44. The van der Waals surface area contributed by atoms with Gasteiger partial charge in [-0.3, -0.25) is 4.79 Å². The zero-order valence-electron chi connectivity index (χ0n) is 12.0. The Bertz CT molecular complexity index is 584. The van der Waals surface area contributed by atoms with E-state index in [1.807, 2.05) is 6.92 Å². The number of carbonyl (C=O) groups is 1. The Morgan fingerprint density at radius 2 is 2.38 bits per heavy atom. The monoisotopic (exact) mass is 306 g/mol. The molecule has 1 aromatic rings. The lowest BCUT2D eigenvalue weighted by Crippen LogP contribution is -2.51. The van der Waals surface area contributed by atoms with Crippen molar-refractivity contribution in [2.75, 3.05) is 19.8 Å². The standard InChI is InChI=1S/C16H19ClN2O2/c1-16(7-3-9-21-11-16)19-15(20)13-6-5-12(4-2-8-18)14(17)10-13/h5-6,10H,3,7-9,11,18H2,1H3,(H,19,20). The van der Waals surface area contributed by atoms with Crippen LogP contribution in [0.1, 0.15) is 35.7 Å². The molecule has 0 bridgehead atoms. The van der Waals surface area contributed by atoms with Gasteiger partial charge in [-0.15, -0.1) is 0 Å². The van der Waals surface area contributed by atoms with E-state index in [4.69, 9.17) is 22.1 Å². The van der Waals surface area contributed by atoms with Crippen LogP contribution in [0.5, 0.6) is 0 Å². The molecule has 1 aromatic carbocycles. The Morgan fingerprint density at radius 3 is 3.00 bits per heavy atom. The molecule has 0 aromatic heterocycles. The van der Waals surface area contributed by atoms with Crippen LogP contribution in [0.3, 0.4) is 0 Å². The first-order chi connectivity index (χ1) is 10.0. The second-order valence-corrected chi connectivity index (χ2v) is 5.78. The van der Waals surface area contributed by atoms with Crippen molar-refractivity contribution in [1.82, 2.24) is 5.32 Å². The SMILES string of the molecule is CC1(NC(=O)c2ccc(C#CCN)c(Cl)c2)CCCOC1. The molecule has 0 radical (unpaired) electrons. The van der Waals surface area contributed by atoms with Crippen LogP contribution in [-0.4, -0.2) is 31.2 Å². The van der Waals surface area contributed by atoms with Gasteiger partial charge in [-0.2, -0.15) is 0 Å². The Balaban J connectivity index is 2.11. The Labute approximate surface area is 130 Å². The molecule has 0 aliphatic carbocycles. The summed E-state index contributed by atoms with van der Waals surface area (Å²) >= 11 is 6.14. The molecule has 2 rings (SSSR count). The molecular weight excluding hydrogens is 288 g/mol. The number of benzene rings is 1. The summed E-state index contributed by atoms with van der Waals surface area (Å²) in [5.41, 5.74) is 6.20. The van der Waals surface area contributed by atoms with Crippen molar-refractivity contribution in [2.45, 2.75) is 25.3 Å². The van der Waals surface area contributed by atoms with Gasteiger partial charge in [-0.25, -0.2) is 0 Å². The van der Waals surface area contributed by atoms with Gasteiger partial charge in [0.2, 0.25) is 0 Å². The van der Waals surface area contributed by atoms with Gasteiger partial charge in [0.25, 0.3) is 5.91 Å². The number of hydrogen-bond acceptors (Lipinski definition) is 3. The maximum absolute atomic E-state index is 12.3. The fraction of sp³-hybridized carbons (Fsp3) is 0.438. The van der Waals surface area contributed by atoms with Crippen molar-refractivity contribution in [2.24, 2.45) is 5.73 Å². The zero-order chi connectivity index (χ0) is 15.3. The minimum atomic E-state index is -0.320. The second-order valence-electron chi connectivity index (χ2n) is 5.37. The summed E-state index contributed by atoms with van der Waals surface area (Å²) in [7, 11) is 0. The fourth-order valence-corrected chi connectivity index (χ4v) is 2.51. The van der Waals surface area contributed by atoms with Gasteiger partial charge in [-0.1, -0.05) is 23.4 Å². The van der Waals surface area contributed by atoms with E-state index in [0.717, 1.165) is 19.4 Å². The summed E-state index contributed by atoms with van der Waals surface area (Å²) in [6.07, 6.45) is 1.86. The minimum absolute atomic E-state index is 0.150. The molecule has 1 amide bonds. The van der Waals surface area contributed by atoms with Crippen LogP contribution in [0.15, 0.2) is 18.2 Å². The normalized spacial score (nSPS) is 21.3. The average Bonchev–Trinajstić information content (AvgIpc) is 2.46. The molecule has 5 heteroatoms. The minimum Gasteiger partial charge on any atom is -0.379 e. The molecule has 1 atom stereocenters. The fourth-order valence-electron chi connectivity index (χ4n) is 2.28. The molecule has 4 nitrogen and oxygen atoms in total. The van der Waals surface area contributed by atoms with Crippen molar-refractivity contribution in [3.63, 3.8) is 0 Å². The molecule has 1 aliphatic heterocycles. The number of amides is 1. The lowest BCUT2D eigenvalue weighted by atomic mass is 9.94. The number of nitrogens with two attached hydrogens (primary N) is 1. The molecule has 1 heterocycles. The largest absolute Gasteiger partial charge is 0.379 e. The first kappa shape index (κ1) is 15.8. The van der Waals surface area contributed by atoms with Gasteiger partial charge in [0.15, 0.2) is 0 Å². The molecule has 1 fully saturated rings. The maximum atomic E-state index is 12.3. The van der Waals surface area contributed by atoms with Gasteiger partial charge >= 0.3 is 0 Å². The summed E-state index contributed by atoms with van der Waals surface area (Å²) in [5.74, 6) is 5.46. The lowest BCUT2D eigenvalue weighted by Gasteiger charge is -2.34. The highest BCUT2D eigenvalue weighted by Gasteiger charge is 2.29. The molecule has 0 saturated carbocycles. The van der Waals surface area contributed by atoms with Crippen LogP contribution in [0, 0.1) is 11.8 Å². The summed E-state index contributed by atoms with van der Waals surface area (Å²) in [4.78, 5) is 12.3. The molecule has 112 valence electrons. The molecule has 21 heavy (non-hydrogen) atoms. The van der Waals surface area contributed by atoms with Crippen LogP contribution in [0.2, 0.25) is 5.02 Å². The van der Waals surface area contributed by atoms with Crippen molar-refractivity contribution in [3.8, 4) is 11.8 Å². The smallest absolute Gasteiger partial charge is 0.251 e. The van der Waals surface area contributed by atoms with E-state index in [1.54, 1.807) is 18.2 Å². The third-order valence-corrected chi connectivity index (χ3v) is 3.72. The first-order valence-electron chi connectivity index (χ1n) is 6.93. The van der Waals surface area contributed by atoms with Gasteiger partial charge in [0.05, 0.1) is 23.7 Å². The van der Waals surface area contributed by atoms with Gasteiger partial charge in [0.1, 0.15) is 0 Å². The Hall–Kier alpha value is -1.54. The third kappa shape index (κ3) is 4.21. The van der Waals surface area contributed by atoms with Gasteiger partial charge in [-0.05, 0) is 38.0 Å². The summed E-state index contributed by atoms with van der Waals surface area (Å²) in [6, 6.07) is 5.08. The van der Waals surface area contributed by atoms with E-state index in [2.05, 4.69) is 17.2 Å². The van der Waals surface area contributed by atoms with E-state index in [9.17, 15) is 4.79 Å². The van der Waals surface area contributed by atoms with Gasteiger partial charge < -0.3 is 15.8 Å². The van der Waals surface area contributed by atoms with Crippen LogP contribution in [0.4, 0.5) is 0 Å². The van der Waals surface area contributed by atoms with E-state index < -0.39 is 0 Å². The first-order valence-corrected chi connectivity index (χ1v) is 7.31. The number of nitrogens with one attached hydrogen (secondary N) is 1. The van der Waals surface area contributed by atoms with Crippen molar-refractivity contribution in [3.05, 3.63) is 34.3 Å². The predicted octanol–water partition coefficient (Wildman–Crippen LogP) is 1.95. The van der Waals surface area contributed by atoms with Crippen LogP contribution >= 0.6 is 11.6 Å². The molecule has 3 N–H and O–H groups in total. The Kier molecular flexibility index (Phi) is 5.24. The van der Waals surface area contributed by atoms with E-state index in [0.29, 0.717) is 22.8 Å². The number of ether oxygens (including phenoxy) is 1. The number of carbonyl (C=O) groups excluding carboxylic acids is 1. The molecule has 1 unspecified atom stereocenters. The van der Waals surface area contributed by atoms with Crippen LogP contribution in [-0.2, 0) is 4.74 Å². The highest BCUT2D eigenvalue weighted by molar-refractivity contribution is 6.32. The predicted molar refractivity (Wildman–Crippen MR) is 83.3 cm³/mol. The average molecular weight is 307 g/mol. The molecular formula is C16H19ClN2O2. The second kappa shape index (κ2) is 6.95. The number of rotatable bonds is 2. The molecule has 1 saturated heterocycles. The molecule has 1 aliphatic rings. The van der Waals surface area contributed by atoms with Crippen molar-refractivity contribution in [1.29, 1.82) is 0 Å². The van der Waals surface area contributed by atoms with Gasteiger partial charge in [0, 0.05) is 17.7 Å². The third-order valence-electron chi connectivity index (χ3n) is 3.41. The number of hydrogen-bond donors (Lipinski definition) is 2. The van der Waals surface area contributed by atoms with E-state index >= 15 is 0 Å². The maximum Gasteiger partial charge on any atom is 0.251 e. The van der Waals surface area contributed by atoms with Crippen molar-refractivity contribution < 1.29 is 9.53 Å². The zero-order valence-corrected chi connectivity index (χ0v) is 12.8. The van der Waals surface area contributed by atoms with Crippen molar-refractivity contribution >= 4 is 17.5 Å². The number of halogens is 1. The quantitative estimate of drug-likeness (QED) is 0.821. The lowest BCUT2D eigenvalue weighted by molar-refractivity contribution is 0.0272. The topological polar surface area (TPSA) is 64.4 Å². The summed E-state index contributed by atoms with van der Waals surface area (Å²) in [6.45, 7) is 3.56. The van der Waals surface area contributed by atoms with E-state index in [-0.39, 0.29) is 18.0 Å². The highest BCUT2D eigenvalue weighted by Crippen LogP contribution is 2.21. The van der Waals surface area contributed by atoms with E-state index in [1.165, 1.54) is 0 Å². The summed E-state index contributed by atoms with van der Waals surface area (Å²) in [5, 5.41) is 3.48. The highest BCUT2D eigenvalue weighted by atomic mass is 35.5. The molecule has 0 spiro atoms. The van der Waals surface area contributed by atoms with Crippen LogP contribution in [0.25, 0.3) is 0 Å². The Morgan fingerprint density at radius 1 is 1.57 bits per heavy atom.